The minimum atomic E-state index is -0.898. The van der Waals surface area contributed by atoms with E-state index < -0.39 is 6.09 Å². The second kappa shape index (κ2) is 6.04. The van der Waals surface area contributed by atoms with Crippen LogP contribution in [0, 0.1) is 11.8 Å². The molecule has 1 saturated carbocycles. The highest BCUT2D eigenvalue weighted by Gasteiger charge is 2.57. The van der Waals surface area contributed by atoms with Crippen LogP contribution < -0.4 is 10.6 Å². The molecule has 0 radical (unpaired) electrons. The molecule has 8 nitrogen and oxygen atoms in total. The minimum Gasteiger partial charge on any atom is -0.465 e. The van der Waals surface area contributed by atoms with Crippen molar-refractivity contribution in [2.45, 2.75) is 6.04 Å². The average Bonchev–Trinajstić information content (AvgIpc) is 3.05. The first kappa shape index (κ1) is 15.4. The third kappa shape index (κ3) is 3.10. The number of para-hydroxylation sites is 1. The Balaban J connectivity index is 1.37. The van der Waals surface area contributed by atoms with Crippen LogP contribution in [0.3, 0.4) is 0 Å². The number of nitrogens with zero attached hydrogens (tertiary/aromatic N) is 3. The Morgan fingerprint density at radius 2 is 1.84 bits per heavy atom. The molecule has 3 atom stereocenters. The number of carbonyl (C=O) groups excluding carboxylic acids is 1. The van der Waals surface area contributed by atoms with E-state index in [-0.39, 0.29) is 29.5 Å². The molecule has 8 heteroatoms. The van der Waals surface area contributed by atoms with Crippen LogP contribution >= 0.6 is 0 Å². The molecule has 1 unspecified atom stereocenters. The fraction of sp³-hybridized carbons (Fsp3) is 0.294. The summed E-state index contributed by atoms with van der Waals surface area (Å²) in [6.07, 6.45) is 0.636. The molecule has 2 aliphatic rings. The Kier molecular flexibility index (Phi) is 3.72. The van der Waals surface area contributed by atoms with Gasteiger partial charge in [0.2, 0.25) is 5.95 Å². The number of aromatic nitrogens is 2. The fourth-order valence-electron chi connectivity index (χ4n) is 3.32. The maximum atomic E-state index is 12.4. The standard InChI is InChI=1S/C17H17N5O3/c23-15(21-14-11-8-22(17(24)25)9-12(11)14)13-6-7-18-16(20-13)19-10-4-2-1-3-5-10/h1-7,11-12,14H,8-9H2,(H,21,23)(H,24,25)(H,18,19,20)/t11-,12+,14?. The number of carboxylic acid groups (broad SMARTS) is 1. The molecule has 3 N–H and O–H groups in total. The van der Waals surface area contributed by atoms with E-state index in [1.165, 1.54) is 11.1 Å². The molecule has 2 fully saturated rings. The normalized spacial score (nSPS) is 23.7. The summed E-state index contributed by atoms with van der Waals surface area (Å²) in [6.45, 7) is 0.963. The third-order valence-electron chi connectivity index (χ3n) is 4.68. The summed E-state index contributed by atoms with van der Waals surface area (Å²) in [4.78, 5) is 33.1. The van der Waals surface area contributed by atoms with Crippen molar-refractivity contribution in [1.29, 1.82) is 0 Å². The Labute approximate surface area is 143 Å². The number of fused-ring (bicyclic) bond motifs is 1. The van der Waals surface area contributed by atoms with Crippen molar-refractivity contribution in [3.05, 3.63) is 48.3 Å². The summed E-state index contributed by atoms with van der Waals surface area (Å²) in [7, 11) is 0. The number of anilines is 2. The van der Waals surface area contributed by atoms with Crippen molar-refractivity contribution in [2.75, 3.05) is 18.4 Å². The smallest absolute Gasteiger partial charge is 0.407 e. The third-order valence-corrected chi connectivity index (χ3v) is 4.68. The predicted molar refractivity (Wildman–Crippen MR) is 89.6 cm³/mol. The molecule has 1 aromatic heterocycles. The first-order chi connectivity index (χ1) is 12.1. The summed E-state index contributed by atoms with van der Waals surface area (Å²) < 4.78 is 0. The molecule has 25 heavy (non-hydrogen) atoms. The Hall–Kier alpha value is -3.16. The molecule has 2 aromatic rings. The molecular formula is C17H17N5O3. The van der Waals surface area contributed by atoms with E-state index in [0.717, 1.165) is 5.69 Å². The number of benzene rings is 1. The van der Waals surface area contributed by atoms with Crippen LogP contribution in [0.15, 0.2) is 42.6 Å². The summed E-state index contributed by atoms with van der Waals surface area (Å²) in [5.74, 6) is 0.513. The molecule has 1 aliphatic carbocycles. The molecular weight excluding hydrogens is 322 g/mol. The molecule has 128 valence electrons. The highest BCUT2D eigenvalue weighted by Crippen LogP contribution is 2.45. The van der Waals surface area contributed by atoms with Crippen molar-refractivity contribution in [2.24, 2.45) is 11.8 Å². The first-order valence-corrected chi connectivity index (χ1v) is 8.05. The van der Waals surface area contributed by atoms with Gasteiger partial charge in [0.05, 0.1) is 0 Å². The summed E-state index contributed by atoms with van der Waals surface area (Å²) in [6, 6.07) is 11.1. The van der Waals surface area contributed by atoms with E-state index in [2.05, 4.69) is 20.6 Å². The van der Waals surface area contributed by atoms with Gasteiger partial charge in [0.1, 0.15) is 5.69 Å². The summed E-state index contributed by atoms with van der Waals surface area (Å²) in [5, 5.41) is 15.0. The van der Waals surface area contributed by atoms with Gasteiger partial charge in [0.15, 0.2) is 0 Å². The van der Waals surface area contributed by atoms with Crippen LogP contribution in [0.5, 0.6) is 0 Å². The lowest BCUT2D eigenvalue weighted by atomic mass is 10.3. The Bertz CT molecular complexity index is 801. The van der Waals surface area contributed by atoms with Gasteiger partial charge in [-0.15, -0.1) is 0 Å². The van der Waals surface area contributed by atoms with Gasteiger partial charge in [0.25, 0.3) is 5.91 Å². The highest BCUT2D eigenvalue weighted by molar-refractivity contribution is 5.93. The Morgan fingerprint density at radius 3 is 2.52 bits per heavy atom. The van der Waals surface area contributed by atoms with E-state index in [1.807, 2.05) is 30.3 Å². The predicted octanol–water partition coefficient (Wildman–Crippen LogP) is 1.56. The maximum absolute atomic E-state index is 12.4. The summed E-state index contributed by atoms with van der Waals surface area (Å²) in [5.41, 5.74) is 1.12. The monoisotopic (exact) mass is 339 g/mol. The number of nitrogens with one attached hydrogen (secondary N) is 2. The van der Waals surface area contributed by atoms with E-state index in [9.17, 15) is 9.59 Å². The number of hydrogen-bond donors (Lipinski definition) is 3. The van der Waals surface area contributed by atoms with Crippen molar-refractivity contribution < 1.29 is 14.7 Å². The van der Waals surface area contributed by atoms with Gasteiger partial charge in [-0.3, -0.25) is 4.79 Å². The van der Waals surface area contributed by atoms with E-state index in [0.29, 0.717) is 19.0 Å². The molecule has 1 saturated heterocycles. The second-order valence-corrected chi connectivity index (χ2v) is 6.27. The topological polar surface area (TPSA) is 107 Å². The van der Waals surface area contributed by atoms with Crippen LogP contribution in [0.4, 0.5) is 16.4 Å². The second-order valence-electron chi connectivity index (χ2n) is 6.27. The lowest BCUT2D eigenvalue weighted by molar-refractivity contribution is 0.0938. The first-order valence-electron chi connectivity index (χ1n) is 8.05. The lowest BCUT2D eigenvalue weighted by Crippen LogP contribution is -2.37. The molecule has 1 aromatic carbocycles. The minimum absolute atomic E-state index is 0.0311. The molecule has 0 bridgehead atoms. The number of hydrogen-bond acceptors (Lipinski definition) is 5. The summed E-state index contributed by atoms with van der Waals surface area (Å²) >= 11 is 0. The van der Waals surface area contributed by atoms with E-state index >= 15 is 0 Å². The average molecular weight is 339 g/mol. The number of piperidine rings is 1. The zero-order valence-corrected chi connectivity index (χ0v) is 13.3. The van der Waals surface area contributed by atoms with Gasteiger partial charge < -0.3 is 20.6 Å². The van der Waals surface area contributed by atoms with Crippen molar-refractivity contribution in [1.82, 2.24) is 20.2 Å². The number of rotatable bonds is 4. The van der Waals surface area contributed by atoms with Gasteiger partial charge in [-0.25, -0.2) is 14.8 Å². The molecule has 4 rings (SSSR count). The van der Waals surface area contributed by atoms with Gasteiger partial charge in [-0.05, 0) is 18.2 Å². The molecule has 2 heterocycles. The Morgan fingerprint density at radius 1 is 1.12 bits per heavy atom. The van der Waals surface area contributed by atoms with Crippen LogP contribution in [-0.4, -0.2) is 51.1 Å². The largest absolute Gasteiger partial charge is 0.465 e. The van der Waals surface area contributed by atoms with Crippen LogP contribution in [-0.2, 0) is 0 Å². The quantitative estimate of drug-likeness (QED) is 0.780. The fourth-order valence-corrected chi connectivity index (χ4v) is 3.32. The number of likely N-dealkylation sites (tertiary alicyclic amines) is 1. The zero-order valence-electron chi connectivity index (χ0n) is 13.3. The molecule has 2 amide bonds. The number of carbonyl (C=O) groups is 2. The van der Waals surface area contributed by atoms with Gasteiger partial charge >= 0.3 is 6.09 Å². The molecule has 1 aliphatic heterocycles. The van der Waals surface area contributed by atoms with E-state index in [1.54, 1.807) is 6.07 Å². The SMILES string of the molecule is O=C(NC1[C@H]2CN(C(=O)O)C[C@@H]12)c1ccnc(Nc2ccccc2)n1. The highest BCUT2D eigenvalue weighted by atomic mass is 16.4. The number of amides is 2. The van der Waals surface area contributed by atoms with Crippen LogP contribution in [0.1, 0.15) is 10.5 Å². The van der Waals surface area contributed by atoms with Crippen LogP contribution in [0.25, 0.3) is 0 Å². The molecule has 0 spiro atoms. The van der Waals surface area contributed by atoms with Crippen molar-refractivity contribution in [3.63, 3.8) is 0 Å². The maximum Gasteiger partial charge on any atom is 0.407 e. The van der Waals surface area contributed by atoms with Gasteiger partial charge in [-0.1, -0.05) is 18.2 Å². The van der Waals surface area contributed by atoms with Crippen LogP contribution in [0.2, 0.25) is 0 Å². The van der Waals surface area contributed by atoms with Gasteiger partial charge in [-0.2, -0.15) is 0 Å². The van der Waals surface area contributed by atoms with Crippen molar-refractivity contribution >= 4 is 23.6 Å². The van der Waals surface area contributed by atoms with Gasteiger partial charge in [0, 0.05) is 42.9 Å². The van der Waals surface area contributed by atoms with Crippen molar-refractivity contribution in [3.8, 4) is 0 Å². The zero-order chi connectivity index (χ0) is 17.4. The van der Waals surface area contributed by atoms with E-state index in [4.69, 9.17) is 5.11 Å². The lowest BCUT2D eigenvalue weighted by Gasteiger charge is -2.16.